The summed E-state index contributed by atoms with van der Waals surface area (Å²) in [5.41, 5.74) is 0. The first-order chi connectivity index (χ1) is 10.8. The molecular formula is C17H33N3O2. The highest BCUT2D eigenvalue weighted by Crippen LogP contribution is 2.17. The maximum atomic E-state index is 11.0. The standard InChI is InChI=1S/C17H33N3O2/c1-3-18-17(20-15-11-7-6-8-12-15)19-14-10-5-4-9-13-16(21)22-2/h15H,3-14H2,1-2H3,(H2,18,19,20). The number of ether oxygens (including phenoxy) is 1. The van der Waals surface area contributed by atoms with Crippen LogP contribution < -0.4 is 10.6 Å². The minimum atomic E-state index is -0.107. The Morgan fingerprint density at radius 2 is 1.86 bits per heavy atom. The molecule has 128 valence electrons. The molecule has 0 aromatic carbocycles. The number of nitrogens with one attached hydrogen (secondary N) is 2. The summed E-state index contributed by atoms with van der Waals surface area (Å²) in [6.45, 7) is 3.85. The zero-order valence-corrected chi connectivity index (χ0v) is 14.3. The van der Waals surface area contributed by atoms with Crippen molar-refractivity contribution in [1.29, 1.82) is 0 Å². The molecule has 0 bridgehead atoms. The van der Waals surface area contributed by atoms with Crippen LogP contribution in [0.15, 0.2) is 4.99 Å². The van der Waals surface area contributed by atoms with Crippen LogP contribution in [0.25, 0.3) is 0 Å². The average Bonchev–Trinajstić information content (AvgIpc) is 2.54. The molecule has 22 heavy (non-hydrogen) atoms. The maximum absolute atomic E-state index is 11.0. The lowest BCUT2D eigenvalue weighted by Gasteiger charge is -2.24. The highest BCUT2D eigenvalue weighted by molar-refractivity contribution is 5.80. The van der Waals surface area contributed by atoms with Crippen molar-refractivity contribution in [2.45, 2.75) is 77.2 Å². The van der Waals surface area contributed by atoms with E-state index in [0.29, 0.717) is 12.5 Å². The number of methoxy groups -OCH3 is 1. The van der Waals surface area contributed by atoms with Crippen LogP contribution in [0, 0.1) is 0 Å². The molecule has 0 aromatic heterocycles. The molecule has 0 unspecified atom stereocenters. The summed E-state index contributed by atoms with van der Waals surface area (Å²) in [7, 11) is 1.44. The van der Waals surface area contributed by atoms with E-state index in [2.05, 4.69) is 27.3 Å². The lowest BCUT2D eigenvalue weighted by Crippen LogP contribution is -2.44. The van der Waals surface area contributed by atoms with E-state index in [4.69, 9.17) is 0 Å². The van der Waals surface area contributed by atoms with Gasteiger partial charge < -0.3 is 15.4 Å². The Labute approximate surface area is 135 Å². The molecule has 0 spiro atoms. The van der Waals surface area contributed by atoms with Gasteiger partial charge in [-0.25, -0.2) is 0 Å². The van der Waals surface area contributed by atoms with Gasteiger partial charge in [0, 0.05) is 25.6 Å². The largest absolute Gasteiger partial charge is 0.469 e. The van der Waals surface area contributed by atoms with Crippen LogP contribution in [0.5, 0.6) is 0 Å². The van der Waals surface area contributed by atoms with E-state index >= 15 is 0 Å². The van der Waals surface area contributed by atoms with Crippen molar-refractivity contribution < 1.29 is 9.53 Å². The van der Waals surface area contributed by atoms with Crippen molar-refractivity contribution in [1.82, 2.24) is 10.6 Å². The number of carbonyl (C=O) groups is 1. The van der Waals surface area contributed by atoms with Gasteiger partial charge in [0.1, 0.15) is 0 Å². The van der Waals surface area contributed by atoms with Crippen LogP contribution in [0.3, 0.4) is 0 Å². The third-order valence-electron chi connectivity index (χ3n) is 4.08. The molecule has 1 aliphatic carbocycles. The van der Waals surface area contributed by atoms with Gasteiger partial charge in [-0.1, -0.05) is 32.1 Å². The van der Waals surface area contributed by atoms with E-state index in [9.17, 15) is 4.79 Å². The predicted molar refractivity (Wildman–Crippen MR) is 91.1 cm³/mol. The van der Waals surface area contributed by atoms with Gasteiger partial charge in [-0.3, -0.25) is 9.79 Å². The van der Waals surface area contributed by atoms with Gasteiger partial charge in [-0.2, -0.15) is 0 Å². The minimum absolute atomic E-state index is 0.107. The molecule has 0 radical (unpaired) electrons. The first-order valence-electron chi connectivity index (χ1n) is 8.88. The van der Waals surface area contributed by atoms with Crippen LogP contribution in [-0.4, -0.2) is 38.2 Å². The molecule has 5 heteroatoms. The van der Waals surface area contributed by atoms with E-state index in [1.54, 1.807) is 0 Å². The molecule has 0 heterocycles. The molecule has 1 fully saturated rings. The molecule has 0 saturated heterocycles. The molecule has 0 aliphatic heterocycles. The van der Waals surface area contributed by atoms with Gasteiger partial charge in [-0.05, 0) is 32.6 Å². The number of rotatable bonds is 9. The first kappa shape index (κ1) is 18.8. The number of hydrogen-bond acceptors (Lipinski definition) is 3. The molecule has 0 atom stereocenters. The maximum Gasteiger partial charge on any atom is 0.305 e. The van der Waals surface area contributed by atoms with E-state index in [-0.39, 0.29) is 5.97 Å². The molecule has 1 aliphatic rings. The predicted octanol–water partition coefficient (Wildman–Crippen LogP) is 3.00. The highest BCUT2D eigenvalue weighted by atomic mass is 16.5. The Bertz CT molecular complexity index is 326. The van der Waals surface area contributed by atoms with Gasteiger partial charge in [0.05, 0.1) is 7.11 Å². The third-order valence-corrected chi connectivity index (χ3v) is 4.08. The number of aliphatic imine (C=N–C) groups is 1. The van der Waals surface area contributed by atoms with Crippen LogP contribution in [0.2, 0.25) is 0 Å². The zero-order chi connectivity index (χ0) is 16.0. The van der Waals surface area contributed by atoms with Gasteiger partial charge >= 0.3 is 5.97 Å². The summed E-state index contributed by atoms with van der Waals surface area (Å²) < 4.78 is 4.63. The smallest absolute Gasteiger partial charge is 0.305 e. The Kier molecular flexibility index (Phi) is 10.5. The van der Waals surface area contributed by atoms with Gasteiger partial charge in [0.15, 0.2) is 5.96 Å². The Morgan fingerprint density at radius 3 is 2.55 bits per heavy atom. The highest BCUT2D eigenvalue weighted by Gasteiger charge is 2.14. The summed E-state index contributed by atoms with van der Waals surface area (Å²) in [4.78, 5) is 15.6. The van der Waals surface area contributed by atoms with Gasteiger partial charge in [0.2, 0.25) is 0 Å². The average molecular weight is 311 g/mol. The Balaban J connectivity index is 2.14. The fraction of sp³-hybridized carbons (Fsp3) is 0.882. The monoisotopic (exact) mass is 311 g/mol. The van der Waals surface area contributed by atoms with E-state index in [1.807, 2.05) is 0 Å². The molecule has 0 amide bonds. The van der Waals surface area contributed by atoms with Crippen molar-refractivity contribution in [2.75, 3.05) is 20.2 Å². The molecular weight excluding hydrogens is 278 g/mol. The summed E-state index contributed by atoms with van der Waals surface area (Å²) >= 11 is 0. The van der Waals surface area contributed by atoms with E-state index < -0.39 is 0 Å². The lowest BCUT2D eigenvalue weighted by molar-refractivity contribution is -0.140. The van der Waals surface area contributed by atoms with Crippen LogP contribution in [0.1, 0.15) is 71.1 Å². The number of unbranched alkanes of at least 4 members (excludes halogenated alkanes) is 3. The SMILES string of the molecule is CCNC(=NCCCCCCC(=O)OC)NC1CCCCC1. The zero-order valence-electron chi connectivity index (χ0n) is 14.3. The number of nitrogens with zero attached hydrogens (tertiary/aromatic N) is 1. The van der Waals surface area contributed by atoms with Crippen molar-refractivity contribution in [3.8, 4) is 0 Å². The molecule has 2 N–H and O–H groups in total. The topological polar surface area (TPSA) is 62.7 Å². The van der Waals surface area contributed by atoms with Crippen molar-refractivity contribution in [2.24, 2.45) is 4.99 Å². The number of hydrogen-bond donors (Lipinski definition) is 2. The van der Waals surface area contributed by atoms with E-state index in [1.165, 1.54) is 39.2 Å². The molecule has 1 saturated carbocycles. The normalized spacial score (nSPS) is 16.4. The summed E-state index contributed by atoms with van der Waals surface area (Å²) in [6, 6.07) is 0.589. The van der Waals surface area contributed by atoms with Gasteiger partial charge in [0.25, 0.3) is 0 Å². The van der Waals surface area contributed by atoms with Crippen LogP contribution in [-0.2, 0) is 9.53 Å². The van der Waals surface area contributed by atoms with E-state index in [0.717, 1.165) is 44.7 Å². The third kappa shape index (κ3) is 8.90. The summed E-state index contributed by atoms with van der Waals surface area (Å²) in [5, 5.41) is 6.89. The van der Waals surface area contributed by atoms with Crippen molar-refractivity contribution in [3.05, 3.63) is 0 Å². The fourth-order valence-corrected chi connectivity index (χ4v) is 2.79. The number of carbonyl (C=O) groups excluding carboxylic acids is 1. The second-order valence-corrected chi connectivity index (χ2v) is 5.98. The second-order valence-electron chi connectivity index (χ2n) is 5.98. The number of esters is 1. The van der Waals surface area contributed by atoms with Crippen molar-refractivity contribution in [3.63, 3.8) is 0 Å². The Hall–Kier alpha value is -1.26. The first-order valence-corrected chi connectivity index (χ1v) is 8.88. The quantitative estimate of drug-likeness (QED) is 0.297. The molecule has 0 aromatic rings. The fourth-order valence-electron chi connectivity index (χ4n) is 2.79. The molecule has 5 nitrogen and oxygen atoms in total. The molecule has 1 rings (SSSR count). The Morgan fingerprint density at radius 1 is 1.14 bits per heavy atom. The lowest BCUT2D eigenvalue weighted by atomic mass is 9.96. The van der Waals surface area contributed by atoms with Crippen LogP contribution >= 0.6 is 0 Å². The summed E-state index contributed by atoms with van der Waals surface area (Å²) in [6.07, 6.45) is 11.3. The van der Waals surface area contributed by atoms with Crippen LogP contribution in [0.4, 0.5) is 0 Å². The second kappa shape index (κ2) is 12.3. The number of guanidine groups is 1. The van der Waals surface area contributed by atoms with Gasteiger partial charge in [-0.15, -0.1) is 0 Å². The summed E-state index contributed by atoms with van der Waals surface area (Å²) in [5.74, 6) is 0.855. The van der Waals surface area contributed by atoms with Crippen molar-refractivity contribution >= 4 is 11.9 Å². The minimum Gasteiger partial charge on any atom is -0.469 e.